The van der Waals surface area contributed by atoms with E-state index in [1.54, 1.807) is 66.7 Å². The summed E-state index contributed by atoms with van der Waals surface area (Å²) < 4.78 is 59.6. The molecule has 0 amide bonds. The quantitative estimate of drug-likeness (QED) is 0.374. The van der Waals surface area contributed by atoms with Gasteiger partial charge in [0.25, 0.3) is 0 Å². The summed E-state index contributed by atoms with van der Waals surface area (Å²) in [6, 6.07) is 23.6. The molecule has 0 N–H and O–H groups in total. The summed E-state index contributed by atoms with van der Waals surface area (Å²) in [5.74, 6) is 0. The van der Waals surface area contributed by atoms with Crippen LogP contribution >= 0.6 is 6.60 Å². The molecule has 0 saturated carbocycles. The minimum absolute atomic E-state index is 0.0403. The number of rotatable bonds is 6. The topological polar surface area (TPSA) is 0 Å². The SMILES string of the molecule is FC(F)P(Cc1ccccc1)(c1ccccc1)(c1ccccc1)C(F)F. The molecule has 5 heteroatoms. The number of alkyl halides is 4. The van der Waals surface area contributed by atoms with Gasteiger partial charge in [0.05, 0.1) is 0 Å². The standard InChI is InChI=1S/C21H19F4P/c22-20(23)26(21(24)25,18-12-6-2-7-13-18,19-14-8-3-9-15-19)16-17-10-4-1-5-11-17/h1-15,20-21H,16H2. The Hall–Kier alpha value is -2.19. The van der Waals surface area contributed by atoms with Crippen LogP contribution < -0.4 is 10.6 Å². The van der Waals surface area contributed by atoms with Crippen molar-refractivity contribution in [2.45, 2.75) is 18.5 Å². The Balaban J connectivity index is 2.42. The van der Waals surface area contributed by atoms with Gasteiger partial charge in [0, 0.05) is 0 Å². The molecule has 0 atom stereocenters. The average Bonchev–Trinajstić information content (AvgIpc) is 2.68. The first-order valence-electron chi connectivity index (χ1n) is 8.24. The molecular formula is C21H19F4P. The summed E-state index contributed by atoms with van der Waals surface area (Å²) >= 11 is 0. The second-order valence-corrected chi connectivity index (χ2v) is 11.4. The molecule has 0 aromatic heterocycles. The van der Waals surface area contributed by atoms with Gasteiger partial charge in [0.2, 0.25) is 0 Å². The number of hydrogen-bond acceptors (Lipinski definition) is 0. The Kier molecular flexibility index (Phi) is 5.15. The second-order valence-electron chi connectivity index (χ2n) is 6.33. The van der Waals surface area contributed by atoms with Crippen LogP contribution in [-0.4, -0.2) is 12.3 Å². The first kappa shape index (κ1) is 18.6. The van der Waals surface area contributed by atoms with Crippen molar-refractivity contribution in [3.05, 3.63) is 96.6 Å². The van der Waals surface area contributed by atoms with E-state index in [2.05, 4.69) is 0 Å². The normalized spacial score (nSPS) is 13.5. The minimum atomic E-state index is -5.17. The fraction of sp³-hybridized carbons (Fsp3) is 0.143. The van der Waals surface area contributed by atoms with Gasteiger partial charge >= 0.3 is 150 Å². The van der Waals surface area contributed by atoms with Crippen molar-refractivity contribution < 1.29 is 17.6 Å². The predicted molar refractivity (Wildman–Crippen MR) is 101 cm³/mol. The maximum absolute atomic E-state index is 14.9. The van der Waals surface area contributed by atoms with Gasteiger partial charge in [-0.1, -0.05) is 0 Å². The van der Waals surface area contributed by atoms with Crippen molar-refractivity contribution in [1.29, 1.82) is 0 Å². The predicted octanol–water partition coefficient (Wildman–Crippen LogP) is 5.84. The summed E-state index contributed by atoms with van der Waals surface area (Å²) in [4.78, 5) is 0. The van der Waals surface area contributed by atoms with E-state index in [1.807, 2.05) is 0 Å². The molecule has 3 aromatic rings. The molecule has 3 rings (SSSR count). The fourth-order valence-electron chi connectivity index (χ4n) is 3.54. The summed E-state index contributed by atoms with van der Waals surface area (Å²) in [5, 5.41) is 0.0807. The summed E-state index contributed by atoms with van der Waals surface area (Å²) in [5.41, 5.74) is 0.485. The van der Waals surface area contributed by atoms with E-state index in [-0.39, 0.29) is 16.8 Å². The van der Waals surface area contributed by atoms with Crippen molar-refractivity contribution >= 4 is 17.2 Å². The van der Waals surface area contributed by atoms with Crippen LogP contribution in [0.4, 0.5) is 17.6 Å². The molecule has 3 aromatic carbocycles. The van der Waals surface area contributed by atoms with Crippen molar-refractivity contribution in [2.75, 3.05) is 0 Å². The van der Waals surface area contributed by atoms with Crippen LogP contribution in [0.25, 0.3) is 0 Å². The van der Waals surface area contributed by atoms with Crippen LogP contribution in [0.5, 0.6) is 0 Å². The van der Waals surface area contributed by atoms with Gasteiger partial charge in [-0.15, -0.1) is 0 Å². The fourth-order valence-corrected chi connectivity index (χ4v) is 8.30. The molecule has 0 aliphatic heterocycles. The Morgan fingerprint density at radius 1 is 0.538 bits per heavy atom. The molecule has 0 aliphatic rings. The summed E-state index contributed by atoms with van der Waals surface area (Å²) in [7, 11) is 0. The van der Waals surface area contributed by atoms with Gasteiger partial charge in [-0.3, -0.25) is 0 Å². The third kappa shape index (κ3) is 2.64. The number of benzene rings is 3. The first-order chi connectivity index (χ1) is 12.5. The average molecular weight is 378 g/mol. The van der Waals surface area contributed by atoms with Crippen LogP contribution in [0.15, 0.2) is 91.0 Å². The first-order valence-corrected chi connectivity index (χ1v) is 10.8. The molecule has 0 fully saturated rings. The third-order valence-corrected chi connectivity index (χ3v) is 10.9. The van der Waals surface area contributed by atoms with Crippen LogP contribution in [0.2, 0.25) is 0 Å². The van der Waals surface area contributed by atoms with E-state index < -0.39 is 18.9 Å². The van der Waals surface area contributed by atoms with E-state index >= 15 is 0 Å². The van der Waals surface area contributed by atoms with Crippen LogP contribution in [-0.2, 0) is 6.16 Å². The van der Waals surface area contributed by atoms with Crippen molar-refractivity contribution in [3.8, 4) is 0 Å². The van der Waals surface area contributed by atoms with Crippen LogP contribution in [0.3, 0.4) is 0 Å². The molecule has 26 heavy (non-hydrogen) atoms. The zero-order chi connectivity index (χ0) is 18.6. The zero-order valence-corrected chi connectivity index (χ0v) is 14.9. The van der Waals surface area contributed by atoms with Crippen LogP contribution in [0.1, 0.15) is 5.56 Å². The molecule has 0 nitrogen and oxygen atoms in total. The Morgan fingerprint density at radius 3 is 1.23 bits per heavy atom. The molecule has 0 unspecified atom stereocenters. The molecule has 0 spiro atoms. The Labute approximate surface area is 150 Å². The van der Waals surface area contributed by atoms with E-state index in [1.165, 1.54) is 24.3 Å². The van der Waals surface area contributed by atoms with Crippen LogP contribution in [0, 0.1) is 0 Å². The molecule has 0 radical (unpaired) electrons. The molecule has 136 valence electrons. The zero-order valence-electron chi connectivity index (χ0n) is 14.0. The second kappa shape index (κ2) is 7.20. The molecule has 0 heterocycles. The van der Waals surface area contributed by atoms with Gasteiger partial charge in [-0.05, 0) is 0 Å². The van der Waals surface area contributed by atoms with Crippen molar-refractivity contribution in [3.63, 3.8) is 0 Å². The molecule has 0 saturated heterocycles. The number of halogens is 4. The third-order valence-electron chi connectivity index (χ3n) is 4.99. The van der Waals surface area contributed by atoms with E-state index in [4.69, 9.17) is 0 Å². The van der Waals surface area contributed by atoms with Gasteiger partial charge in [-0.25, -0.2) is 0 Å². The van der Waals surface area contributed by atoms with Crippen molar-refractivity contribution in [1.82, 2.24) is 0 Å². The van der Waals surface area contributed by atoms with Gasteiger partial charge in [-0.2, -0.15) is 0 Å². The number of hydrogen-bond donors (Lipinski definition) is 0. The van der Waals surface area contributed by atoms with E-state index in [9.17, 15) is 17.6 Å². The van der Waals surface area contributed by atoms with Gasteiger partial charge in [0.1, 0.15) is 0 Å². The monoisotopic (exact) mass is 378 g/mol. The summed E-state index contributed by atoms with van der Waals surface area (Å²) in [6.45, 7) is -5.17. The molecule has 0 bridgehead atoms. The van der Waals surface area contributed by atoms with Gasteiger partial charge < -0.3 is 0 Å². The Bertz CT molecular complexity index is 784. The molecular weight excluding hydrogens is 359 g/mol. The maximum atomic E-state index is 14.9. The summed E-state index contributed by atoms with van der Waals surface area (Å²) in [6.07, 6.45) is -6.76. The molecule has 0 aliphatic carbocycles. The Morgan fingerprint density at radius 2 is 0.885 bits per heavy atom. The van der Waals surface area contributed by atoms with Crippen molar-refractivity contribution in [2.24, 2.45) is 0 Å². The van der Waals surface area contributed by atoms with E-state index in [0.717, 1.165) is 0 Å². The van der Waals surface area contributed by atoms with E-state index in [0.29, 0.717) is 5.56 Å². The van der Waals surface area contributed by atoms with Gasteiger partial charge in [0.15, 0.2) is 0 Å².